The fourth-order valence-electron chi connectivity index (χ4n) is 3.90. The Morgan fingerprint density at radius 1 is 0.795 bits per heavy atom. The van der Waals surface area contributed by atoms with Crippen LogP contribution in [-0.4, -0.2) is 24.5 Å². The van der Waals surface area contributed by atoms with Gasteiger partial charge in [0.25, 0.3) is 5.91 Å². The molecule has 1 unspecified atom stereocenters. The summed E-state index contributed by atoms with van der Waals surface area (Å²) in [4.78, 5) is 27.2. The Morgan fingerprint density at radius 3 is 2.15 bits per heavy atom. The number of amides is 2. The minimum atomic E-state index is -0.900. The highest BCUT2D eigenvalue weighted by Crippen LogP contribution is 2.32. The number of nitrogens with one attached hydrogen (secondary N) is 2. The van der Waals surface area contributed by atoms with Gasteiger partial charge in [-0.2, -0.15) is 0 Å². The second-order valence-corrected chi connectivity index (χ2v) is 10.8. The molecule has 5 rings (SSSR count). The number of ether oxygens (including phenoxy) is 2. The summed E-state index contributed by atoms with van der Waals surface area (Å²) in [6, 6.07) is 33.2. The lowest BCUT2D eigenvalue weighted by Gasteiger charge is -2.19. The van der Waals surface area contributed by atoms with Crippen LogP contribution < -0.4 is 15.4 Å². The summed E-state index contributed by atoms with van der Waals surface area (Å²) in [6.45, 7) is 0.343. The van der Waals surface area contributed by atoms with E-state index in [4.69, 9.17) is 9.47 Å². The van der Waals surface area contributed by atoms with E-state index in [9.17, 15) is 9.59 Å². The normalized spacial score (nSPS) is 11.6. The van der Waals surface area contributed by atoms with Crippen molar-refractivity contribution in [2.24, 2.45) is 0 Å². The Balaban J connectivity index is 1.28. The van der Waals surface area contributed by atoms with E-state index in [1.165, 1.54) is 11.3 Å². The van der Waals surface area contributed by atoms with E-state index in [1.807, 2.05) is 84.9 Å². The van der Waals surface area contributed by atoms with Gasteiger partial charge in [0.1, 0.15) is 22.4 Å². The molecular weight excluding hydrogens is 623 g/mol. The predicted molar refractivity (Wildman–Crippen MR) is 163 cm³/mol. The molecule has 4 aromatic carbocycles. The van der Waals surface area contributed by atoms with Gasteiger partial charge >= 0.3 is 0 Å². The van der Waals surface area contributed by atoms with Crippen molar-refractivity contribution in [3.8, 4) is 11.5 Å². The van der Waals surface area contributed by atoms with Crippen molar-refractivity contribution in [1.82, 2.24) is 5.32 Å². The second kappa shape index (κ2) is 12.9. The van der Waals surface area contributed by atoms with Crippen LogP contribution in [0.5, 0.6) is 11.5 Å². The molecule has 1 heterocycles. The van der Waals surface area contributed by atoms with E-state index in [1.54, 1.807) is 24.3 Å². The van der Waals surface area contributed by atoms with Gasteiger partial charge < -0.3 is 20.1 Å². The molecule has 0 aliphatic heterocycles. The molecule has 1 atom stereocenters. The highest BCUT2D eigenvalue weighted by molar-refractivity contribution is 14.1. The van der Waals surface area contributed by atoms with Gasteiger partial charge in [-0.05, 0) is 70.6 Å². The summed E-state index contributed by atoms with van der Waals surface area (Å²) in [5.41, 5.74) is 1.57. The molecular formula is C31H25IN2O4S. The van der Waals surface area contributed by atoms with Crippen LogP contribution in [0.1, 0.15) is 15.2 Å². The number of hydrogen-bond acceptors (Lipinski definition) is 5. The molecule has 0 spiro atoms. The lowest BCUT2D eigenvalue weighted by atomic mass is 10.2. The molecule has 1 aromatic heterocycles. The van der Waals surface area contributed by atoms with Gasteiger partial charge in [0.2, 0.25) is 5.91 Å². The largest absolute Gasteiger partial charge is 0.457 e. The van der Waals surface area contributed by atoms with Gasteiger partial charge in [0.15, 0.2) is 0 Å². The zero-order valence-corrected chi connectivity index (χ0v) is 23.8. The summed E-state index contributed by atoms with van der Waals surface area (Å²) < 4.78 is 13.6. The number of carbonyl (C=O) groups is 2. The maximum absolute atomic E-state index is 13.3. The van der Waals surface area contributed by atoms with Crippen molar-refractivity contribution < 1.29 is 19.1 Å². The molecule has 0 aliphatic rings. The summed E-state index contributed by atoms with van der Waals surface area (Å²) in [5, 5.41) is 6.80. The number of halogens is 1. The lowest BCUT2D eigenvalue weighted by Crippen LogP contribution is -2.46. The van der Waals surface area contributed by atoms with Crippen LogP contribution in [0.3, 0.4) is 0 Å². The molecule has 6 nitrogen and oxygen atoms in total. The average molecular weight is 649 g/mol. The zero-order chi connectivity index (χ0) is 27.0. The third-order valence-electron chi connectivity index (χ3n) is 5.86. The maximum atomic E-state index is 13.3. The second-order valence-electron chi connectivity index (χ2n) is 8.70. The van der Waals surface area contributed by atoms with E-state index in [2.05, 4.69) is 33.2 Å². The number of hydrogen-bond donors (Lipinski definition) is 2. The van der Waals surface area contributed by atoms with Crippen LogP contribution in [-0.2, 0) is 16.1 Å². The first kappa shape index (κ1) is 26.9. The molecule has 0 saturated heterocycles. The Kier molecular flexibility index (Phi) is 8.87. The third-order valence-corrected chi connectivity index (χ3v) is 8.52. The summed E-state index contributed by atoms with van der Waals surface area (Å²) >= 11 is 3.59. The minimum absolute atomic E-state index is 0.0170. The first-order valence-corrected chi connectivity index (χ1v) is 14.2. The Labute approximate surface area is 244 Å². The van der Waals surface area contributed by atoms with Crippen LogP contribution in [0, 0.1) is 3.57 Å². The van der Waals surface area contributed by atoms with Crippen LogP contribution >= 0.6 is 33.9 Å². The Bertz CT molecular complexity index is 1560. The fourth-order valence-corrected chi connectivity index (χ4v) is 6.12. The Hall–Kier alpha value is -3.73. The van der Waals surface area contributed by atoms with Gasteiger partial charge in [-0.3, -0.25) is 9.59 Å². The molecule has 0 fully saturated rings. The molecule has 8 heteroatoms. The molecule has 0 aliphatic carbocycles. The van der Waals surface area contributed by atoms with Gasteiger partial charge in [-0.1, -0.05) is 66.7 Å². The zero-order valence-electron chi connectivity index (χ0n) is 20.8. The van der Waals surface area contributed by atoms with Crippen molar-refractivity contribution >= 4 is 61.5 Å². The number of carbonyl (C=O) groups excluding carboxylic acids is 2. The molecule has 39 heavy (non-hydrogen) atoms. The highest BCUT2D eigenvalue weighted by Gasteiger charge is 2.25. The number of para-hydroxylation sites is 1. The van der Waals surface area contributed by atoms with E-state index in [-0.39, 0.29) is 18.4 Å². The van der Waals surface area contributed by atoms with Gasteiger partial charge in [0, 0.05) is 19.3 Å². The number of anilines is 1. The lowest BCUT2D eigenvalue weighted by molar-refractivity contribution is -0.119. The number of benzene rings is 4. The number of fused-ring (bicyclic) bond motifs is 1. The molecule has 2 N–H and O–H groups in total. The maximum Gasteiger partial charge on any atom is 0.263 e. The molecule has 196 valence electrons. The summed E-state index contributed by atoms with van der Waals surface area (Å²) in [7, 11) is 0. The SMILES string of the molecule is O=C(NC(COCc1ccccc1)C(=O)Nc1ccc(Oc2ccccc2)cc1)c1sc2ccccc2c1I. The van der Waals surface area contributed by atoms with Gasteiger partial charge in [-0.15, -0.1) is 11.3 Å². The van der Waals surface area contributed by atoms with E-state index < -0.39 is 6.04 Å². The standard InChI is InChI=1S/C31H25IN2O4S/c32-28-25-13-7-8-14-27(25)39-29(28)31(36)34-26(20-37-19-21-9-3-1-4-10-21)30(35)33-22-15-17-24(18-16-22)38-23-11-5-2-6-12-23/h1-18,26H,19-20H2,(H,33,35)(H,34,36). The smallest absolute Gasteiger partial charge is 0.263 e. The molecule has 0 radical (unpaired) electrons. The van der Waals surface area contributed by atoms with Crippen molar-refractivity contribution in [2.75, 3.05) is 11.9 Å². The predicted octanol–water partition coefficient (Wildman–Crippen LogP) is 7.25. The van der Waals surface area contributed by atoms with Gasteiger partial charge in [0.05, 0.1) is 13.2 Å². The van der Waals surface area contributed by atoms with E-state index >= 15 is 0 Å². The first-order valence-electron chi connectivity index (χ1n) is 12.3. The van der Waals surface area contributed by atoms with Crippen molar-refractivity contribution in [3.05, 3.63) is 123 Å². The third kappa shape index (κ3) is 7.03. The van der Waals surface area contributed by atoms with Crippen molar-refractivity contribution in [3.63, 3.8) is 0 Å². The monoisotopic (exact) mass is 648 g/mol. The van der Waals surface area contributed by atoms with E-state index in [0.29, 0.717) is 22.9 Å². The first-order chi connectivity index (χ1) is 19.1. The van der Waals surface area contributed by atoms with E-state index in [0.717, 1.165) is 25.0 Å². The molecule has 5 aromatic rings. The molecule has 2 amide bonds. The topological polar surface area (TPSA) is 76.7 Å². The number of rotatable bonds is 10. The van der Waals surface area contributed by atoms with Crippen molar-refractivity contribution in [2.45, 2.75) is 12.6 Å². The Morgan fingerprint density at radius 2 is 1.44 bits per heavy atom. The fraction of sp³-hybridized carbons (Fsp3) is 0.0968. The molecule has 0 saturated carbocycles. The summed E-state index contributed by atoms with van der Waals surface area (Å²) in [5.74, 6) is 0.693. The summed E-state index contributed by atoms with van der Waals surface area (Å²) in [6.07, 6.45) is 0. The average Bonchev–Trinajstić information content (AvgIpc) is 3.31. The number of thiophene rings is 1. The van der Waals surface area contributed by atoms with Gasteiger partial charge in [-0.25, -0.2) is 0 Å². The van der Waals surface area contributed by atoms with Crippen molar-refractivity contribution in [1.29, 1.82) is 0 Å². The quantitative estimate of drug-likeness (QED) is 0.157. The van der Waals surface area contributed by atoms with Crippen LogP contribution in [0.25, 0.3) is 10.1 Å². The molecule has 0 bridgehead atoms. The van der Waals surface area contributed by atoms with Crippen LogP contribution in [0.15, 0.2) is 109 Å². The minimum Gasteiger partial charge on any atom is -0.457 e. The highest BCUT2D eigenvalue weighted by atomic mass is 127. The van der Waals surface area contributed by atoms with Crippen LogP contribution in [0.4, 0.5) is 5.69 Å². The van der Waals surface area contributed by atoms with Crippen LogP contribution in [0.2, 0.25) is 0 Å².